The molecule has 0 unspecified atom stereocenters. The molecule has 1 atom stereocenters. The molecule has 2 amide bonds. The van der Waals surface area contributed by atoms with Crippen LogP contribution in [-0.2, 0) is 19.2 Å². The largest absolute Gasteiger partial charge is 0.424 e. The molecule has 29 heavy (non-hydrogen) atoms. The first-order chi connectivity index (χ1) is 13.6. The number of imidazole rings is 1. The first kappa shape index (κ1) is 21.1. The molecule has 1 heterocycles. The lowest BCUT2D eigenvalue weighted by Crippen LogP contribution is -2.48. The van der Waals surface area contributed by atoms with E-state index in [4.69, 9.17) is 0 Å². The van der Waals surface area contributed by atoms with Crippen LogP contribution in [0.15, 0.2) is 36.7 Å². The number of urea groups is 1. The summed E-state index contributed by atoms with van der Waals surface area (Å²) in [7, 11) is 1.36. The molecule has 2 N–H and O–H groups in total. The van der Waals surface area contributed by atoms with Crippen LogP contribution in [0.4, 0.5) is 22.4 Å². The number of benzene rings is 1. The monoisotopic (exact) mass is 414 g/mol. The number of alkyl halides is 3. The van der Waals surface area contributed by atoms with Gasteiger partial charge in [0.2, 0.25) is 5.60 Å². The van der Waals surface area contributed by atoms with E-state index in [2.05, 4.69) is 10.3 Å². The fourth-order valence-corrected chi connectivity index (χ4v) is 3.14. The minimum atomic E-state index is -4.96. The molecule has 1 fully saturated rings. The summed E-state index contributed by atoms with van der Waals surface area (Å²) < 4.78 is 54.8. The molecular formula is C19H22F4N4O2. The molecule has 1 aliphatic carbocycles. The van der Waals surface area contributed by atoms with Gasteiger partial charge < -0.3 is 19.9 Å². The maximum atomic E-state index is 13.5. The first-order valence-corrected chi connectivity index (χ1v) is 9.17. The Kier molecular flexibility index (Phi) is 5.83. The molecule has 10 heteroatoms. The van der Waals surface area contributed by atoms with Crippen molar-refractivity contribution in [1.29, 1.82) is 0 Å². The minimum Gasteiger partial charge on any atom is -0.374 e. The number of hydrogen-bond donors (Lipinski definition) is 2. The van der Waals surface area contributed by atoms with E-state index in [1.54, 1.807) is 12.1 Å². The average molecular weight is 414 g/mol. The van der Waals surface area contributed by atoms with Gasteiger partial charge in [0.1, 0.15) is 11.6 Å². The summed E-state index contributed by atoms with van der Waals surface area (Å²) in [6.07, 6.45) is -1.66. The molecule has 1 aliphatic rings. The minimum absolute atomic E-state index is 0.00362. The summed E-state index contributed by atoms with van der Waals surface area (Å²) in [6, 6.07) is 5.16. The molecule has 158 valence electrons. The Bertz CT molecular complexity index is 849. The quantitative estimate of drug-likeness (QED) is 0.685. The van der Waals surface area contributed by atoms with Crippen molar-refractivity contribution < 1.29 is 27.5 Å². The number of nitrogens with zero attached hydrogens (tertiary/aromatic N) is 3. The smallest absolute Gasteiger partial charge is 0.374 e. The number of carbonyl (C=O) groups excluding carboxylic acids is 1. The third-order valence-electron chi connectivity index (χ3n) is 4.94. The SMILES string of the molecule is Cn1ccnc1[C@](O)(CCNC(=O)N(Cc1ccc(F)cc1)C1CC1)C(F)(F)F. The van der Waals surface area contributed by atoms with E-state index in [0.717, 1.165) is 17.4 Å². The fourth-order valence-electron chi connectivity index (χ4n) is 3.14. The molecule has 0 radical (unpaired) electrons. The van der Waals surface area contributed by atoms with E-state index in [0.29, 0.717) is 5.56 Å². The van der Waals surface area contributed by atoms with Crippen LogP contribution in [0.2, 0.25) is 0 Å². The molecule has 1 saturated carbocycles. The number of amides is 2. The highest BCUT2D eigenvalue weighted by atomic mass is 19.4. The standard InChI is InChI=1S/C19H22F4N4O2/c1-26-11-10-24-16(26)18(29,19(21,22)23)8-9-25-17(28)27(15-6-7-15)12-13-2-4-14(20)5-3-13/h2-5,10-11,15,29H,6-9,12H2,1H3,(H,25,28)/t18-/m1/s1. The van der Waals surface area contributed by atoms with Crippen LogP contribution in [0.1, 0.15) is 30.7 Å². The Morgan fingerprint density at radius 3 is 2.48 bits per heavy atom. The number of hydrogen-bond acceptors (Lipinski definition) is 3. The van der Waals surface area contributed by atoms with Crippen LogP contribution in [0.3, 0.4) is 0 Å². The van der Waals surface area contributed by atoms with Crippen molar-refractivity contribution >= 4 is 6.03 Å². The number of carbonyl (C=O) groups is 1. The molecule has 3 rings (SSSR count). The Balaban J connectivity index is 1.64. The molecule has 1 aromatic heterocycles. The van der Waals surface area contributed by atoms with E-state index in [9.17, 15) is 27.5 Å². The highest BCUT2D eigenvalue weighted by Gasteiger charge is 2.57. The van der Waals surface area contributed by atoms with Gasteiger partial charge in [0.15, 0.2) is 0 Å². The molecule has 2 aromatic rings. The van der Waals surface area contributed by atoms with E-state index < -0.39 is 42.4 Å². The summed E-state index contributed by atoms with van der Waals surface area (Å²) in [6.45, 7) is -0.173. The van der Waals surface area contributed by atoms with Crippen molar-refractivity contribution in [3.8, 4) is 0 Å². The van der Waals surface area contributed by atoms with Gasteiger partial charge >= 0.3 is 12.2 Å². The van der Waals surface area contributed by atoms with Gasteiger partial charge in [-0.2, -0.15) is 13.2 Å². The summed E-state index contributed by atoms with van der Waals surface area (Å²) in [5.41, 5.74) is -2.46. The molecule has 6 nitrogen and oxygen atoms in total. The van der Waals surface area contributed by atoms with Gasteiger partial charge in [0.25, 0.3) is 0 Å². The summed E-state index contributed by atoms with van der Waals surface area (Å²) in [5, 5.41) is 12.8. The van der Waals surface area contributed by atoms with Gasteiger partial charge in [-0.3, -0.25) is 0 Å². The third kappa shape index (κ3) is 4.69. The topological polar surface area (TPSA) is 70.4 Å². The molecule has 1 aromatic carbocycles. The average Bonchev–Trinajstić information content (AvgIpc) is 3.40. The van der Waals surface area contributed by atoms with Crippen molar-refractivity contribution in [2.24, 2.45) is 7.05 Å². The fraction of sp³-hybridized carbons (Fsp3) is 0.474. The number of rotatable bonds is 7. The van der Waals surface area contributed by atoms with Gasteiger partial charge in [-0.05, 0) is 30.5 Å². The zero-order chi connectivity index (χ0) is 21.2. The zero-order valence-corrected chi connectivity index (χ0v) is 15.8. The van der Waals surface area contributed by atoms with Gasteiger partial charge in [-0.1, -0.05) is 12.1 Å². The van der Waals surface area contributed by atoms with Crippen LogP contribution >= 0.6 is 0 Å². The van der Waals surface area contributed by atoms with Gasteiger partial charge in [-0.15, -0.1) is 0 Å². The van der Waals surface area contributed by atoms with E-state index in [1.807, 2.05) is 0 Å². The zero-order valence-electron chi connectivity index (χ0n) is 15.8. The second-order valence-corrected chi connectivity index (χ2v) is 7.19. The van der Waals surface area contributed by atoms with E-state index in [1.165, 1.54) is 36.5 Å². The predicted molar refractivity (Wildman–Crippen MR) is 96.1 cm³/mol. The third-order valence-corrected chi connectivity index (χ3v) is 4.94. The van der Waals surface area contributed by atoms with Crippen molar-refractivity contribution in [2.45, 2.75) is 43.6 Å². The normalized spacial score (nSPS) is 16.3. The van der Waals surface area contributed by atoms with Gasteiger partial charge in [0.05, 0.1) is 0 Å². The number of nitrogens with one attached hydrogen (secondary N) is 1. The number of halogens is 4. The van der Waals surface area contributed by atoms with Gasteiger partial charge in [0, 0.05) is 45.0 Å². The van der Waals surface area contributed by atoms with Crippen LogP contribution in [0.25, 0.3) is 0 Å². The van der Waals surface area contributed by atoms with E-state index in [-0.39, 0.29) is 12.6 Å². The Morgan fingerprint density at radius 2 is 1.97 bits per heavy atom. The second kappa shape index (κ2) is 8.02. The van der Waals surface area contributed by atoms with E-state index >= 15 is 0 Å². The summed E-state index contributed by atoms with van der Waals surface area (Å²) in [5.74, 6) is -0.929. The maximum Gasteiger partial charge on any atom is 0.424 e. The van der Waals surface area contributed by atoms with Crippen molar-refractivity contribution in [3.05, 3.63) is 53.9 Å². The molecule has 0 aliphatic heterocycles. The maximum absolute atomic E-state index is 13.5. The summed E-state index contributed by atoms with van der Waals surface area (Å²) in [4.78, 5) is 17.7. The Labute approximate surface area is 165 Å². The van der Waals surface area contributed by atoms with Crippen LogP contribution < -0.4 is 5.32 Å². The Hall–Kier alpha value is -2.62. The second-order valence-electron chi connectivity index (χ2n) is 7.19. The van der Waals surface area contributed by atoms with Crippen molar-refractivity contribution in [3.63, 3.8) is 0 Å². The molecular weight excluding hydrogens is 392 g/mol. The number of aryl methyl sites for hydroxylation is 1. The summed E-state index contributed by atoms with van der Waals surface area (Å²) >= 11 is 0. The number of aromatic nitrogens is 2. The Morgan fingerprint density at radius 1 is 1.31 bits per heavy atom. The van der Waals surface area contributed by atoms with Crippen molar-refractivity contribution in [1.82, 2.24) is 19.8 Å². The lowest BCUT2D eigenvalue weighted by molar-refractivity contribution is -0.272. The lowest BCUT2D eigenvalue weighted by atomic mass is 9.97. The van der Waals surface area contributed by atoms with Crippen LogP contribution in [0, 0.1) is 5.82 Å². The highest BCUT2D eigenvalue weighted by Crippen LogP contribution is 2.40. The van der Waals surface area contributed by atoms with Gasteiger partial charge in [-0.25, -0.2) is 14.2 Å². The number of aliphatic hydroxyl groups is 1. The molecule has 0 bridgehead atoms. The molecule has 0 spiro atoms. The lowest BCUT2D eigenvalue weighted by Gasteiger charge is -2.30. The van der Waals surface area contributed by atoms with Crippen LogP contribution in [-0.4, -0.2) is 44.4 Å². The first-order valence-electron chi connectivity index (χ1n) is 9.17. The van der Waals surface area contributed by atoms with Crippen molar-refractivity contribution in [2.75, 3.05) is 6.54 Å². The highest BCUT2D eigenvalue weighted by molar-refractivity contribution is 5.74. The predicted octanol–water partition coefficient (Wildman–Crippen LogP) is 3.07. The van der Waals surface area contributed by atoms with Crippen LogP contribution in [0.5, 0.6) is 0 Å². The molecule has 0 saturated heterocycles.